The van der Waals surface area contributed by atoms with Crippen molar-refractivity contribution in [2.24, 2.45) is 5.92 Å². The van der Waals surface area contributed by atoms with Gasteiger partial charge in [0.05, 0.1) is 7.11 Å². The van der Waals surface area contributed by atoms with Crippen LogP contribution in [0.1, 0.15) is 20.3 Å². The van der Waals surface area contributed by atoms with Crippen LogP contribution >= 0.6 is 15.9 Å². The van der Waals surface area contributed by atoms with Crippen LogP contribution in [-0.2, 0) is 14.3 Å². The monoisotopic (exact) mass is 277 g/mol. The summed E-state index contributed by atoms with van der Waals surface area (Å²) in [6.45, 7) is 7.13. The van der Waals surface area contributed by atoms with Crippen molar-refractivity contribution < 1.29 is 14.3 Å². The van der Waals surface area contributed by atoms with E-state index in [-0.39, 0.29) is 11.8 Å². The number of hydrogen-bond acceptors (Lipinski definition) is 3. The average Bonchev–Trinajstić information content (AvgIpc) is 2.14. The molecule has 0 aliphatic rings. The number of rotatable bonds is 5. The van der Waals surface area contributed by atoms with E-state index in [0.29, 0.717) is 10.9 Å². The Morgan fingerprint density at radius 1 is 1.47 bits per heavy atom. The molecule has 0 radical (unpaired) electrons. The highest BCUT2D eigenvalue weighted by atomic mass is 79.9. The van der Waals surface area contributed by atoms with Crippen LogP contribution in [0.3, 0.4) is 0 Å². The van der Waals surface area contributed by atoms with Gasteiger partial charge < -0.3 is 10.1 Å². The summed E-state index contributed by atoms with van der Waals surface area (Å²) < 4.78 is 5.22. The molecule has 0 aliphatic heterocycles. The standard InChI is InChI=1S/C10H16BrNO3/c1-6(2)9(13)12-8(5-7(3)11)10(14)15-4/h6,8H,3,5H2,1-2,4H3,(H,12,13)/t8-/m0/s1. The van der Waals surface area contributed by atoms with Gasteiger partial charge in [-0.05, 0) is 4.48 Å². The van der Waals surface area contributed by atoms with E-state index >= 15 is 0 Å². The van der Waals surface area contributed by atoms with Gasteiger partial charge in [-0.15, -0.1) is 0 Å². The first-order chi connectivity index (χ1) is 6.88. The third-order valence-corrected chi connectivity index (χ3v) is 2.08. The molecule has 0 rings (SSSR count). The van der Waals surface area contributed by atoms with E-state index in [1.807, 2.05) is 0 Å². The van der Waals surface area contributed by atoms with Crippen LogP contribution in [0.4, 0.5) is 0 Å². The SMILES string of the molecule is C=C(Br)C[C@H](NC(=O)C(C)C)C(=O)OC. The molecule has 1 N–H and O–H groups in total. The molecule has 0 saturated carbocycles. The van der Waals surface area contributed by atoms with Crippen molar-refractivity contribution in [2.75, 3.05) is 7.11 Å². The number of halogens is 1. The van der Waals surface area contributed by atoms with E-state index in [1.165, 1.54) is 7.11 Å². The van der Waals surface area contributed by atoms with Crippen LogP contribution in [0.15, 0.2) is 11.1 Å². The van der Waals surface area contributed by atoms with Gasteiger partial charge in [-0.25, -0.2) is 4.79 Å². The highest BCUT2D eigenvalue weighted by Gasteiger charge is 2.22. The highest BCUT2D eigenvalue weighted by molar-refractivity contribution is 9.11. The van der Waals surface area contributed by atoms with Crippen LogP contribution in [0, 0.1) is 5.92 Å². The quantitative estimate of drug-likeness (QED) is 0.777. The molecule has 0 spiro atoms. The van der Waals surface area contributed by atoms with Gasteiger partial charge in [-0.3, -0.25) is 4.79 Å². The molecular formula is C10H16BrNO3. The fourth-order valence-corrected chi connectivity index (χ4v) is 1.22. The Bertz CT molecular complexity index is 263. The highest BCUT2D eigenvalue weighted by Crippen LogP contribution is 2.11. The first-order valence-electron chi connectivity index (χ1n) is 4.60. The third kappa shape index (κ3) is 5.57. The molecule has 15 heavy (non-hydrogen) atoms. The number of carbonyl (C=O) groups is 2. The Morgan fingerprint density at radius 3 is 2.33 bits per heavy atom. The Kier molecular flexibility index (Phi) is 6.24. The maximum atomic E-state index is 11.4. The molecule has 0 aromatic heterocycles. The van der Waals surface area contributed by atoms with Crippen LogP contribution in [0.5, 0.6) is 0 Å². The predicted octanol–water partition coefficient (Wildman–Crippen LogP) is 1.60. The summed E-state index contributed by atoms with van der Waals surface area (Å²) in [5, 5.41) is 2.59. The Balaban J connectivity index is 4.44. The zero-order valence-corrected chi connectivity index (χ0v) is 10.8. The number of amides is 1. The number of hydrogen-bond donors (Lipinski definition) is 1. The maximum absolute atomic E-state index is 11.4. The molecule has 0 aliphatic carbocycles. The minimum Gasteiger partial charge on any atom is -0.467 e. The van der Waals surface area contributed by atoms with E-state index in [9.17, 15) is 9.59 Å². The summed E-state index contributed by atoms with van der Waals surface area (Å²) in [6, 6.07) is -0.670. The maximum Gasteiger partial charge on any atom is 0.328 e. The zero-order chi connectivity index (χ0) is 12.0. The van der Waals surface area contributed by atoms with E-state index in [4.69, 9.17) is 0 Å². The molecule has 4 nitrogen and oxygen atoms in total. The number of esters is 1. The minimum absolute atomic E-state index is 0.166. The lowest BCUT2D eigenvalue weighted by Gasteiger charge is -2.17. The summed E-state index contributed by atoms with van der Waals surface area (Å²) in [4.78, 5) is 22.7. The van der Waals surface area contributed by atoms with Gasteiger partial charge in [-0.1, -0.05) is 36.4 Å². The van der Waals surface area contributed by atoms with E-state index < -0.39 is 12.0 Å². The lowest BCUT2D eigenvalue weighted by atomic mass is 10.1. The van der Waals surface area contributed by atoms with Crippen molar-refractivity contribution in [2.45, 2.75) is 26.3 Å². The van der Waals surface area contributed by atoms with Crippen LogP contribution in [0.25, 0.3) is 0 Å². The average molecular weight is 278 g/mol. The van der Waals surface area contributed by atoms with Crippen molar-refractivity contribution >= 4 is 27.8 Å². The fourth-order valence-electron chi connectivity index (χ4n) is 0.895. The predicted molar refractivity (Wildman–Crippen MR) is 61.5 cm³/mol. The Morgan fingerprint density at radius 2 is 2.00 bits per heavy atom. The van der Waals surface area contributed by atoms with Gasteiger partial charge in [0.25, 0.3) is 0 Å². The molecule has 0 bridgehead atoms. The number of carbonyl (C=O) groups excluding carboxylic acids is 2. The van der Waals surface area contributed by atoms with Crippen molar-refractivity contribution in [1.82, 2.24) is 5.32 Å². The Labute approximate surface area is 98.2 Å². The number of ether oxygens (including phenoxy) is 1. The molecular weight excluding hydrogens is 262 g/mol. The summed E-state index contributed by atoms with van der Waals surface area (Å²) in [5.41, 5.74) is 0. The summed E-state index contributed by atoms with van der Waals surface area (Å²) in [7, 11) is 1.29. The molecule has 0 aromatic rings. The lowest BCUT2D eigenvalue weighted by Crippen LogP contribution is -2.43. The molecule has 1 amide bonds. The minimum atomic E-state index is -0.670. The molecule has 0 fully saturated rings. The second kappa shape index (κ2) is 6.61. The second-order valence-electron chi connectivity index (χ2n) is 3.46. The smallest absolute Gasteiger partial charge is 0.328 e. The van der Waals surface area contributed by atoms with Crippen molar-refractivity contribution in [3.63, 3.8) is 0 Å². The van der Waals surface area contributed by atoms with Gasteiger partial charge in [0.15, 0.2) is 0 Å². The Hall–Kier alpha value is -0.840. The molecule has 86 valence electrons. The normalized spacial score (nSPS) is 12.1. The van der Waals surface area contributed by atoms with Gasteiger partial charge in [-0.2, -0.15) is 0 Å². The second-order valence-corrected chi connectivity index (χ2v) is 4.58. The fraction of sp³-hybridized carbons (Fsp3) is 0.600. The largest absolute Gasteiger partial charge is 0.467 e. The van der Waals surface area contributed by atoms with E-state index in [0.717, 1.165) is 0 Å². The summed E-state index contributed by atoms with van der Waals surface area (Å²) >= 11 is 3.15. The number of methoxy groups -OCH3 is 1. The van der Waals surface area contributed by atoms with Gasteiger partial charge in [0.1, 0.15) is 6.04 Å². The van der Waals surface area contributed by atoms with Gasteiger partial charge in [0, 0.05) is 12.3 Å². The van der Waals surface area contributed by atoms with Crippen molar-refractivity contribution in [3.8, 4) is 0 Å². The lowest BCUT2D eigenvalue weighted by molar-refractivity contribution is -0.145. The van der Waals surface area contributed by atoms with E-state index in [2.05, 4.69) is 32.6 Å². The molecule has 0 saturated heterocycles. The van der Waals surface area contributed by atoms with Crippen molar-refractivity contribution in [3.05, 3.63) is 11.1 Å². The molecule has 0 aromatic carbocycles. The third-order valence-electron chi connectivity index (χ3n) is 1.75. The first kappa shape index (κ1) is 14.2. The van der Waals surface area contributed by atoms with Crippen LogP contribution in [-0.4, -0.2) is 25.0 Å². The molecule has 0 heterocycles. The van der Waals surface area contributed by atoms with Crippen molar-refractivity contribution in [1.29, 1.82) is 0 Å². The topological polar surface area (TPSA) is 55.4 Å². The van der Waals surface area contributed by atoms with Crippen LogP contribution < -0.4 is 5.32 Å². The van der Waals surface area contributed by atoms with E-state index in [1.54, 1.807) is 13.8 Å². The summed E-state index contributed by atoms with van der Waals surface area (Å²) in [5.74, 6) is -0.815. The van der Waals surface area contributed by atoms with Gasteiger partial charge >= 0.3 is 5.97 Å². The van der Waals surface area contributed by atoms with Crippen LogP contribution in [0.2, 0.25) is 0 Å². The first-order valence-corrected chi connectivity index (χ1v) is 5.39. The zero-order valence-electron chi connectivity index (χ0n) is 9.17. The molecule has 0 unspecified atom stereocenters. The number of nitrogens with one attached hydrogen (secondary N) is 1. The molecule has 5 heteroatoms. The van der Waals surface area contributed by atoms with Gasteiger partial charge in [0.2, 0.25) is 5.91 Å². The summed E-state index contributed by atoms with van der Waals surface area (Å²) in [6.07, 6.45) is 0.325. The molecule has 1 atom stereocenters.